The number of aliphatic hydroxyl groups is 1. The second kappa shape index (κ2) is 3.72. The van der Waals surface area contributed by atoms with Crippen LogP contribution in [-0.2, 0) is 0 Å². The number of hydrogen-bond acceptors (Lipinski definition) is 1. The van der Waals surface area contributed by atoms with E-state index in [4.69, 9.17) is 0 Å². The van der Waals surface area contributed by atoms with Crippen LogP contribution < -0.4 is 0 Å². The van der Waals surface area contributed by atoms with Crippen LogP contribution in [0.4, 0.5) is 0 Å². The molecule has 0 amide bonds. The molecule has 78 valence electrons. The molecule has 0 spiro atoms. The molecule has 0 radical (unpaired) electrons. The maximum absolute atomic E-state index is 9.59. The topological polar surface area (TPSA) is 20.2 Å². The van der Waals surface area contributed by atoms with E-state index in [0.717, 1.165) is 18.4 Å². The van der Waals surface area contributed by atoms with E-state index in [1.807, 2.05) is 25.1 Å². The molecule has 0 bridgehead atoms. The maximum atomic E-state index is 9.59. The van der Waals surface area contributed by atoms with Gasteiger partial charge in [0.1, 0.15) is 0 Å². The van der Waals surface area contributed by atoms with Crippen molar-refractivity contribution in [3.05, 3.63) is 35.4 Å². The summed E-state index contributed by atoms with van der Waals surface area (Å²) in [6.07, 6.45) is 1.75. The normalized spacial score (nSPS) is 18.9. The Morgan fingerprint density at radius 2 is 2.00 bits per heavy atom. The van der Waals surface area contributed by atoms with Crippen LogP contribution in [0, 0.1) is 24.2 Å². The van der Waals surface area contributed by atoms with Crippen molar-refractivity contribution in [2.75, 3.05) is 0 Å². The molecule has 1 aliphatic rings. The van der Waals surface area contributed by atoms with Crippen molar-refractivity contribution in [1.82, 2.24) is 0 Å². The van der Waals surface area contributed by atoms with E-state index in [2.05, 4.69) is 24.8 Å². The molecule has 2 rings (SSSR count). The van der Waals surface area contributed by atoms with Gasteiger partial charge in [0.15, 0.2) is 0 Å². The maximum Gasteiger partial charge on any atom is 0.0677 e. The van der Waals surface area contributed by atoms with Gasteiger partial charge in [-0.25, -0.2) is 0 Å². The zero-order valence-corrected chi connectivity index (χ0v) is 9.25. The molecular formula is C14H16O. The Kier molecular flexibility index (Phi) is 2.54. The van der Waals surface area contributed by atoms with E-state index >= 15 is 0 Å². The Morgan fingerprint density at radius 3 is 2.53 bits per heavy atom. The lowest BCUT2D eigenvalue weighted by Crippen LogP contribution is -2.15. The molecule has 0 aromatic heterocycles. The minimum absolute atomic E-state index is 0.109. The number of hydrogen-bond donors (Lipinski definition) is 1. The van der Waals surface area contributed by atoms with Crippen LogP contribution in [0.5, 0.6) is 0 Å². The first-order valence-electron chi connectivity index (χ1n) is 5.41. The second-order valence-electron chi connectivity index (χ2n) is 4.40. The highest BCUT2D eigenvalue weighted by atomic mass is 16.3. The zero-order valence-electron chi connectivity index (χ0n) is 9.25. The van der Waals surface area contributed by atoms with Gasteiger partial charge in [-0.1, -0.05) is 30.0 Å². The highest BCUT2D eigenvalue weighted by Crippen LogP contribution is 2.48. The summed E-state index contributed by atoms with van der Waals surface area (Å²) in [6, 6.07) is 8.10. The standard InChI is InChI=1S/C14H16O/c1-11-5-3-4-6-13(11)7-8-14(9-10-14)12(2)15/h3-6,12,15H,9-10H2,1-2H3. The van der Waals surface area contributed by atoms with Gasteiger partial charge in [0.25, 0.3) is 0 Å². The molecule has 1 aromatic rings. The highest BCUT2D eigenvalue weighted by Gasteiger charge is 2.45. The lowest BCUT2D eigenvalue weighted by molar-refractivity contribution is 0.142. The van der Waals surface area contributed by atoms with E-state index in [1.54, 1.807) is 0 Å². The quantitative estimate of drug-likeness (QED) is 0.691. The molecule has 1 nitrogen and oxygen atoms in total. The van der Waals surface area contributed by atoms with E-state index < -0.39 is 0 Å². The van der Waals surface area contributed by atoms with Gasteiger partial charge in [-0.05, 0) is 38.3 Å². The zero-order chi connectivity index (χ0) is 10.9. The number of aryl methyl sites for hydroxylation is 1. The summed E-state index contributed by atoms with van der Waals surface area (Å²) in [4.78, 5) is 0. The molecular weight excluding hydrogens is 184 g/mol. The van der Waals surface area contributed by atoms with Crippen LogP contribution in [-0.4, -0.2) is 11.2 Å². The molecule has 0 aliphatic heterocycles. The minimum atomic E-state index is -0.311. The second-order valence-corrected chi connectivity index (χ2v) is 4.40. The minimum Gasteiger partial charge on any atom is -0.392 e. The van der Waals surface area contributed by atoms with Gasteiger partial charge < -0.3 is 5.11 Å². The molecule has 1 heteroatoms. The molecule has 1 N–H and O–H groups in total. The van der Waals surface area contributed by atoms with Gasteiger partial charge in [-0.3, -0.25) is 0 Å². The third kappa shape index (κ3) is 2.06. The van der Waals surface area contributed by atoms with Crippen molar-refractivity contribution in [2.24, 2.45) is 5.41 Å². The summed E-state index contributed by atoms with van der Waals surface area (Å²) >= 11 is 0. The number of aliphatic hydroxyl groups excluding tert-OH is 1. The first-order chi connectivity index (χ1) is 7.14. The van der Waals surface area contributed by atoms with Crippen molar-refractivity contribution in [1.29, 1.82) is 0 Å². The fraction of sp³-hybridized carbons (Fsp3) is 0.429. The molecule has 0 saturated heterocycles. The van der Waals surface area contributed by atoms with Crippen LogP contribution in [0.3, 0.4) is 0 Å². The Labute approximate surface area is 91.1 Å². The van der Waals surface area contributed by atoms with Crippen LogP contribution in [0.25, 0.3) is 0 Å². The Morgan fingerprint density at radius 1 is 1.33 bits per heavy atom. The van der Waals surface area contributed by atoms with Gasteiger partial charge >= 0.3 is 0 Å². The SMILES string of the molecule is Cc1ccccc1C#CC1(C(C)O)CC1. The third-order valence-corrected chi connectivity index (χ3v) is 3.18. The molecule has 1 saturated carbocycles. The molecule has 1 unspecified atom stereocenters. The molecule has 1 aliphatic carbocycles. The average molecular weight is 200 g/mol. The molecule has 1 fully saturated rings. The third-order valence-electron chi connectivity index (χ3n) is 3.18. The Balaban J connectivity index is 2.23. The van der Waals surface area contributed by atoms with Crippen molar-refractivity contribution < 1.29 is 5.11 Å². The number of benzene rings is 1. The summed E-state index contributed by atoms with van der Waals surface area (Å²) in [6.45, 7) is 3.89. The summed E-state index contributed by atoms with van der Waals surface area (Å²) in [5.74, 6) is 6.41. The summed E-state index contributed by atoms with van der Waals surface area (Å²) in [5, 5.41) is 9.59. The van der Waals surface area contributed by atoms with E-state index in [1.165, 1.54) is 5.56 Å². The summed E-state index contributed by atoms with van der Waals surface area (Å²) in [5.41, 5.74) is 2.17. The highest BCUT2D eigenvalue weighted by molar-refractivity contribution is 5.42. The van der Waals surface area contributed by atoms with Gasteiger partial charge in [0.2, 0.25) is 0 Å². The van der Waals surface area contributed by atoms with Gasteiger partial charge in [0, 0.05) is 5.56 Å². The molecule has 1 atom stereocenters. The lowest BCUT2D eigenvalue weighted by atomic mass is 10.0. The van der Waals surface area contributed by atoms with E-state index in [-0.39, 0.29) is 11.5 Å². The predicted molar refractivity (Wildman–Crippen MR) is 61.4 cm³/mol. The predicted octanol–water partition coefficient (Wildman–Crippen LogP) is 2.51. The van der Waals surface area contributed by atoms with Gasteiger partial charge in [-0.2, -0.15) is 0 Å². The lowest BCUT2D eigenvalue weighted by Gasteiger charge is -2.10. The van der Waals surface area contributed by atoms with Gasteiger partial charge in [-0.15, -0.1) is 0 Å². The fourth-order valence-corrected chi connectivity index (χ4v) is 1.69. The van der Waals surface area contributed by atoms with Crippen LogP contribution in [0.1, 0.15) is 30.9 Å². The van der Waals surface area contributed by atoms with E-state index in [9.17, 15) is 5.11 Å². The van der Waals surface area contributed by atoms with Gasteiger partial charge in [0.05, 0.1) is 11.5 Å². The average Bonchev–Trinajstić information content (AvgIpc) is 2.98. The number of rotatable bonds is 1. The Hall–Kier alpha value is -1.26. The van der Waals surface area contributed by atoms with Crippen molar-refractivity contribution in [3.8, 4) is 11.8 Å². The van der Waals surface area contributed by atoms with Crippen molar-refractivity contribution >= 4 is 0 Å². The smallest absolute Gasteiger partial charge is 0.0677 e. The van der Waals surface area contributed by atoms with E-state index in [0.29, 0.717) is 0 Å². The summed E-state index contributed by atoms with van der Waals surface area (Å²) < 4.78 is 0. The molecule has 0 heterocycles. The first kappa shape index (κ1) is 10.3. The van der Waals surface area contributed by atoms with Crippen LogP contribution >= 0.6 is 0 Å². The fourth-order valence-electron chi connectivity index (χ4n) is 1.69. The molecule has 15 heavy (non-hydrogen) atoms. The Bertz CT molecular complexity index is 416. The van der Waals surface area contributed by atoms with Crippen molar-refractivity contribution in [2.45, 2.75) is 32.8 Å². The summed E-state index contributed by atoms with van der Waals surface area (Å²) in [7, 11) is 0. The van der Waals surface area contributed by atoms with Crippen LogP contribution in [0.2, 0.25) is 0 Å². The first-order valence-corrected chi connectivity index (χ1v) is 5.41. The monoisotopic (exact) mass is 200 g/mol. The molecule has 1 aromatic carbocycles. The van der Waals surface area contributed by atoms with Crippen LogP contribution in [0.15, 0.2) is 24.3 Å². The van der Waals surface area contributed by atoms with Crippen molar-refractivity contribution in [3.63, 3.8) is 0 Å². The largest absolute Gasteiger partial charge is 0.392 e.